The molecule has 0 aliphatic carbocycles. The SMILES string of the molecule is CN(C(=O)c1cnn2ccncc12)c1cccc(N)c1. The quantitative estimate of drug-likeness (QED) is 0.715. The number of nitrogens with zero attached hydrogens (tertiary/aromatic N) is 4. The second-order valence-corrected chi connectivity index (χ2v) is 4.42. The van der Waals surface area contributed by atoms with Crippen LogP contribution in [0.15, 0.2) is 49.1 Å². The highest BCUT2D eigenvalue weighted by atomic mass is 16.2. The summed E-state index contributed by atoms with van der Waals surface area (Å²) in [6.45, 7) is 0. The molecule has 1 aromatic carbocycles. The maximum Gasteiger partial charge on any atom is 0.261 e. The molecule has 0 fully saturated rings. The van der Waals surface area contributed by atoms with Crippen LogP contribution >= 0.6 is 0 Å². The fraction of sp³-hybridized carbons (Fsp3) is 0.0714. The summed E-state index contributed by atoms with van der Waals surface area (Å²) in [5, 5.41) is 4.14. The minimum absolute atomic E-state index is 0.154. The maximum atomic E-state index is 12.5. The van der Waals surface area contributed by atoms with E-state index in [1.807, 2.05) is 12.1 Å². The average Bonchev–Trinajstić information content (AvgIpc) is 2.89. The Balaban J connectivity index is 2.00. The fourth-order valence-corrected chi connectivity index (χ4v) is 2.03. The molecule has 100 valence electrons. The molecule has 0 aliphatic heterocycles. The Morgan fingerprint density at radius 1 is 1.35 bits per heavy atom. The first-order valence-electron chi connectivity index (χ1n) is 6.08. The lowest BCUT2D eigenvalue weighted by atomic mass is 10.2. The van der Waals surface area contributed by atoms with Crippen molar-refractivity contribution in [2.75, 3.05) is 17.7 Å². The van der Waals surface area contributed by atoms with Crippen LogP contribution in [-0.2, 0) is 0 Å². The van der Waals surface area contributed by atoms with Crippen LogP contribution in [-0.4, -0.2) is 27.6 Å². The topological polar surface area (TPSA) is 76.5 Å². The van der Waals surface area contributed by atoms with Gasteiger partial charge in [0.1, 0.15) is 0 Å². The standard InChI is InChI=1S/C14H13N5O/c1-18(11-4-2-3-10(15)7-11)14(20)12-8-17-19-6-5-16-9-13(12)19/h2-9H,15H2,1H3. The van der Waals surface area contributed by atoms with Gasteiger partial charge in [-0.3, -0.25) is 9.78 Å². The number of amides is 1. The fourth-order valence-electron chi connectivity index (χ4n) is 2.03. The van der Waals surface area contributed by atoms with E-state index in [9.17, 15) is 4.79 Å². The maximum absolute atomic E-state index is 12.5. The Morgan fingerprint density at radius 2 is 2.20 bits per heavy atom. The van der Waals surface area contributed by atoms with E-state index < -0.39 is 0 Å². The predicted molar refractivity (Wildman–Crippen MR) is 76.6 cm³/mol. The van der Waals surface area contributed by atoms with E-state index in [0.717, 1.165) is 5.69 Å². The van der Waals surface area contributed by atoms with E-state index in [0.29, 0.717) is 16.8 Å². The van der Waals surface area contributed by atoms with Gasteiger partial charge in [0.05, 0.1) is 23.5 Å². The second-order valence-electron chi connectivity index (χ2n) is 4.42. The first-order valence-corrected chi connectivity index (χ1v) is 6.08. The number of aromatic nitrogens is 3. The lowest BCUT2D eigenvalue weighted by Gasteiger charge is -2.17. The number of anilines is 2. The van der Waals surface area contributed by atoms with Gasteiger partial charge in [0.25, 0.3) is 5.91 Å². The molecule has 0 spiro atoms. The molecule has 6 heteroatoms. The Bertz CT molecular complexity index is 780. The van der Waals surface area contributed by atoms with Gasteiger partial charge in [-0.25, -0.2) is 4.52 Å². The largest absolute Gasteiger partial charge is 0.399 e. The molecule has 2 N–H and O–H groups in total. The number of nitrogens with two attached hydrogens (primary N) is 1. The zero-order valence-electron chi connectivity index (χ0n) is 10.9. The molecule has 6 nitrogen and oxygen atoms in total. The van der Waals surface area contributed by atoms with Gasteiger partial charge in [-0.2, -0.15) is 5.10 Å². The molecule has 0 saturated heterocycles. The Morgan fingerprint density at radius 3 is 3.00 bits per heavy atom. The molecule has 0 unspecified atom stereocenters. The highest BCUT2D eigenvalue weighted by molar-refractivity contribution is 6.10. The van der Waals surface area contributed by atoms with Crippen molar-refractivity contribution in [2.45, 2.75) is 0 Å². The van der Waals surface area contributed by atoms with Crippen LogP contribution in [0.3, 0.4) is 0 Å². The van der Waals surface area contributed by atoms with Crippen LogP contribution in [0.2, 0.25) is 0 Å². The molecule has 20 heavy (non-hydrogen) atoms. The van der Waals surface area contributed by atoms with Crippen molar-refractivity contribution >= 4 is 22.8 Å². The molecule has 0 aliphatic rings. The van der Waals surface area contributed by atoms with Gasteiger partial charge in [-0.1, -0.05) is 6.07 Å². The minimum atomic E-state index is -0.154. The molecule has 0 atom stereocenters. The zero-order valence-corrected chi connectivity index (χ0v) is 10.9. The highest BCUT2D eigenvalue weighted by Crippen LogP contribution is 2.19. The second kappa shape index (κ2) is 4.65. The van der Waals surface area contributed by atoms with Gasteiger partial charge in [-0.15, -0.1) is 0 Å². The number of nitrogen functional groups attached to an aromatic ring is 1. The van der Waals surface area contributed by atoms with Crippen molar-refractivity contribution in [2.24, 2.45) is 0 Å². The lowest BCUT2D eigenvalue weighted by Crippen LogP contribution is -2.26. The first-order chi connectivity index (χ1) is 9.66. The monoisotopic (exact) mass is 267 g/mol. The third-order valence-electron chi connectivity index (χ3n) is 3.12. The van der Waals surface area contributed by atoms with E-state index >= 15 is 0 Å². The number of benzene rings is 1. The summed E-state index contributed by atoms with van der Waals surface area (Å²) in [6.07, 6.45) is 6.48. The predicted octanol–water partition coefficient (Wildman–Crippen LogP) is 1.59. The highest BCUT2D eigenvalue weighted by Gasteiger charge is 2.18. The number of rotatable bonds is 2. The number of fused-ring (bicyclic) bond motifs is 1. The molecule has 0 bridgehead atoms. The van der Waals surface area contributed by atoms with Crippen LogP contribution < -0.4 is 10.6 Å². The van der Waals surface area contributed by atoms with Crippen molar-refractivity contribution in [3.05, 3.63) is 54.6 Å². The van der Waals surface area contributed by atoms with Gasteiger partial charge in [0.2, 0.25) is 0 Å². The van der Waals surface area contributed by atoms with Crippen molar-refractivity contribution in [3.8, 4) is 0 Å². The molecule has 0 saturated carbocycles. The molecular formula is C14H13N5O. The summed E-state index contributed by atoms with van der Waals surface area (Å²) in [5.41, 5.74) is 8.27. The van der Waals surface area contributed by atoms with Gasteiger partial charge >= 0.3 is 0 Å². The molecule has 2 aromatic heterocycles. The third kappa shape index (κ3) is 1.97. The molecule has 3 aromatic rings. The summed E-state index contributed by atoms with van der Waals surface area (Å²) in [6, 6.07) is 7.17. The van der Waals surface area contributed by atoms with Crippen molar-refractivity contribution in [1.82, 2.24) is 14.6 Å². The van der Waals surface area contributed by atoms with E-state index in [4.69, 9.17) is 5.73 Å². The van der Waals surface area contributed by atoms with Gasteiger partial charge in [0, 0.05) is 30.8 Å². The summed E-state index contributed by atoms with van der Waals surface area (Å²) in [7, 11) is 1.71. The van der Waals surface area contributed by atoms with Gasteiger partial charge in [0.15, 0.2) is 0 Å². The average molecular weight is 267 g/mol. The summed E-state index contributed by atoms with van der Waals surface area (Å²) in [5.74, 6) is -0.154. The smallest absolute Gasteiger partial charge is 0.261 e. The third-order valence-corrected chi connectivity index (χ3v) is 3.12. The number of carbonyl (C=O) groups is 1. The lowest BCUT2D eigenvalue weighted by molar-refractivity contribution is 0.0994. The molecule has 3 rings (SSSR count). The Labute approximate surface area is 115 Å². The number of hydrogen-bond donors (Lipinski definition) is 1. The molecule has 1 amide bonds. The van der Waals surface area contributed by atoms with E-state index in [1.165, 1.54) is 0 Å². The first kappa shape index (κ1) is 12.2. The van der Waals surface area contributed by atoms with Crippen LogP contribution in [0, 0.1) is 0 Å². The van der Waals surface area contributed by atoms with Gasteiger partial charge in [-0.05, 0) is 18.2 Å². The number of hydrogen-bond acceptors (Lipinski definition) is 4. The van der Waals surface area contributed by atoms with Crippen LogP contribution in [0.5, 0.6) is 0 Å². The minimum Gasteiger partial charge on any atom is -0.399 e. The number of carbonyl (C=O) groups excluding carboxylic acids is 1. The van der Waals surface area contributed by atoms with Gasteiger partial charge < -0.3 is 10.6 Å². The summed E-state index contributed by atoms with van der Waals surface area (Å²) < 4.78 is 1.62. The normalized spacial score (nSPS) is 10.7. The molecule has 2 heterocycles. The molecular weight excluding hydrogens is 254 g/mol. The summed E-state index contributed by atoms with van der Waals surface area (Å²) in [4.78, 5) is 18.1. The van der Waals surface area contributed by atoms with E-state index in [2.05, 4.69) is 10.1 Å². The van der Waals surface area contributed by atoms with E-state index in [1.54, 1.807) is 53.4 Å². The Kier molecular flexibility index (Phi) is 2.83. The zero-order chi connectivity index (χ0) is 14.1. The Hall–Kier alpha value is -2.89. The van der Waals surface area contributed by atoms with Crippen molar-refractivity contribution in [1.29, 1.82) is 0 Å². The van der Waals surface area contributed by atoms with Crippen molar-refractivity contribution in [3.63, 3.8) is 0 Å². The van der Waals surface area contributed by atoms with Crippen LogP contribution in [0.1, 0.15) is 10.4 Å². The summed E-state index contributed by atoms with van der Waals surface area (Å²) >= 11 is 0. The van der Waals surface area contributed by atoms with E-state index in [-0.39, 0.29) is 5.91 Å². The molecule has 0 radical (unpaired) electrons. The van der Waals surface area contributed by atoms with Crippen LogP contribution in [0.4, 0.5) is 11.4 Å². The van der Waals surface area contributed by atoms with Crippen LogP contribution in [0.25, 0.3) is 5.52 Å². The van der Waals surface area contributed by atoms with Crippen molar-refractivity contribution < 1.29 is 4.79 Å².